The maximum absolute atomic E-state index is 11.7. The van der Waals surface area contributed by atoms with Gasteiger partial charge in [0.25, 0.3) is 0 Å². The second kappa shape index (κ2) is 6.01. The Morgan fingerprint density at radius 2 is 2.10 bits per heavy atom. The van der Waals surface area contributed by atoms with Crippen molar-refractivity contribution in [2.24, 2.45) is 5.92 Å². The van der Waals surface area contributed by atoms with Gasteiger partial charge in [-0.15, -0.1) is 0 Å². The van der Waals surface area contributed by atoms with Crippen LogP contribution in [0.5, 0.6) is 5.75 Å². The zero-order valence-electron chi connectivity index (χ0n) is 11.9. The number of rotatable bonds is 4. The number of nitrogen functional groups attached to an aromatic ring is 1. The van der Waals surface area contributed by atoms with Crippen molar-refractivity contribution in [2.75, 3.05) is 12.8 Å². The highest BCUT2D eigenvalue weighted by atomic mass is 32.2. The Kier molecular flexibility index (Phi) is 4.55. The highest BCUT2D eigenvalue weighted by Crippen LogP contribution is 2.29. The van der Waals surface area contributed by atoms with Crippen molar-refractivity contribution >= 4 is 15.7 Å². The molecule has 0 aromatic heterocycles. The summed E-state index contributed by atoms with van der Waals surface area (Å²) in [5.74, 6) is 1.31. The summed E-state index contributed by atoms with van der Waals surface area (Å²) in [5.41, 5.74) is 6.03. The molecular formula is C14H22N2O3S. The van der Waals surface area contributed by atoms with Crippen LogP contribution >= 0.6 is 0 Å². The molecule has 2 atom stereocenters. The molecule has 5 nitrogen and oxygen atoms in total. The lowest BCUT2D eigenvalue weighted by atomic mass is 9.89. The van der Waals surface area contributed by atoms with E-state index in [1.54, 1.807) is 12.1 Å². The van der Waals surface area contributed by atoms with Crippen LogP contribution in [0.2, 0.25) is 0 Å². The number of ether oxygens (including phenoxy) is 1. The zero-order chi connectivity index (χ0) is 14.8. The number of sulfonamides is 1. The lowest BCUT2D eigenvalue weighted by Crippen LogP contribution is -2.24. The van der Waals surface area contributed by atoms with Crippen molar-refractivity contribution in [1.82, 2.24) is 4.72 Å². The van der Waals surface area contributed by atoms with Gasteiger partial charge >= 0.3 is 0 Å². The van der Waals surface area contributed by atoms with Crippen molar-refractivity contribution in [3.63, 3.8) is 0 Å². The summed E-state index contributed by atoms with van der Waals surface area (Å²) in [7, 11) is -2.15. The van der Waals surface area contributed by atoms with Crippen LogP contribution in [0.15, 0.2) is 23.1 Å². The molecule has 2 unspecified atom stereocenters. The Labute approximate surface area is 120 Å². The molecule has 1 aliphatic carbocycles. The number of anilines is 1. The number of nitrogens with two attached hydrogens (primary N) is 1. The summed E-state index contributed by atoms with van der Waals surface area (Å²) in [6, 6.07) is 4.74. The van der Waals surface area contributed by atoms with E-state index in [9.17, 15) is 8.42 Å². The predicted molar refractivity (Wildman–Crippen MR) is 79.1 cm³/mol. The quantitative estimate of drug-likeness (QED) is 0.834. The average Bonchev–Trinajstić information content (AvgIpc) is 2.38. The summed E-state index contributed by atoms with van der Waals surface area (Å²) in [6.45, 7) is 2.23. The fourth-order valence-corrected chi connectivity index (χ4v) is 3.47. The maximum atomic E-state index is 11.7. The van der Waals surface area contributed by atoms with Gasteiger partial charge in [-0.1, -0.05) is 13.3 Å². The number of hydrogen-bond donors (Lipinski definition) is 2. The second-order valence-electron chi connectivity index (χ2n) is 5.42. The van der Waals surface area contributed by atoms with Crippen LogP contribution in [-0.2, 0) is 10.0 Å². The number of nitrogens with one attached hydrogen (secondary N) is 1. The van der Waals surface area contributed by atoms with Crippen LogP contribution in [0, 0.1) is 5.92 Å². The SMILES string of the molecule is CNS(=O)(=O)c1ccc(OC2CCCC(C)C2)cc1N. The van der Waals surface area contributed by atoms with Gasteiger partial charge in [-0.3, -0.25) is 0 Å². The molecule has 0 radical (unpaired) electrons. The molecule has 0 spiro atoms. The van der Waals surface area contributed by atoms with Crippen LogP contribution in [0.3, 0.4) is 0 Å². The molecule has 3 N–H and O–H groups in total. The van der Waals surface area contributed by atoms with Gasteiger partial charge < -0.3 is 10.5 Å². The summed E-state index contributed by atoms with van der Waals surface area (Å²) in [5, 5.41) is 0. The molecule has 1 aromatic rings. The molecule has 1 saturated carbocycles. The van der Waals surface area contributed by atoms with Crippen molar-refractivity contribution in [2.45, 2.75) is 43.6 Å². The third-order valence-corrected chi connectivity index (χ3v) is 5.22. The van der Waals surface area contributed by atoms with Gasteiger partial charge in [-0.25, -0.2) is 13.1 Å². The Bertz CT molecular complexity index is 572. The molecule has 0 amide bonds. The second-order valence-corrected chi connectivity index (χ2v) is 7.27. The van der Waals surface area contributed by atoms with Gasteiger partial charge in [0.15, 0.2) is 0 Å². The van der Waals surface area contributed by atoms with Gasteiger partial charge in [0, 0.05) is 6.07 Å². The minimum atomic E-state index is -3.52. The van der Waals surface area contributed by atoms with E-state index in [-0.39, 0.29) is 16.7 Å². The zero-order valence-corrected chi connectivity index (χ0v) is 12.7. The first kappa shape index (κ1) is 15.1. The van der Waals surface area contributed by atoms with Gasteiger partial charge in [0.2, 0.25) is 10.0 Å². The standard InChI is InChI=1S/C14H22N2O3S/c1-10-4-3-5-11(8-10)19-12-6-7-14(13(15)9-12)20(17,18)16-2/h6-7,9-11,16H,3-5,8,15H2,1-2H3. The van der Waals surface area contributed by atoms with Crippen molar-refractivity contribution in [3.05, 3.63) is 18.2 Å². The molecule has 0 bridgehead atoms. The molecule has 2 rings (SSSR count). The smallest absolute Gasteiger partial charge is 0.242 e. The minimum absolute atomic E-state index is 0.0874. The molecule has 6 heteroatoms. The largest absolute Gasteiger partial charge is 0.490 e. The maximum Gasteiger partial charge on any atom is 0.242 e. The first-order chi connectivity index (χ1) is 9.42. The third-order valence-electron chi connectivity index (χ3n) is 3.73. The van der Waals surface area contributed by atoms with Gasteiger partial charge in [-0.05, 0) is 44.4 Å². The monoisotopic (exact) mass is 298 g/mol. The molecule has 0 aliphatic heterocycles. The summed E-state index contributed by atoms with van der Waals surface area (Å²) in [4.78, 5) is 0.0874. The summed E-state index contributed by atoms with van der Waals surface area (Å²) in [6.07, 6.45) is 4.71. The van der Waals surface area contributed by atoms with Crippen LogP contribution in [0.25, 0.3) is 0 Å². The topological polar surface area (TPSA) is 81.4 Å². The van der Waals surface area contributed by atoms with E-state index < -0.39 is 10.0 Å². The Morgan fingerprint density at radius 1 is 1.35 bits per heavy atom. The fraction of sp³-hybridized carbons (Fsp3) is 0.571. The number of benzene rings is 1. The molecule has 20 heavy (non-hydrogen) atoms. The minimum Gasteiger partial charge on any atom is -0.490 e. The van der Waals surface area contributed by atoms with E-state index in [0.717, 1.165) is 12.8 Å². The first-order valence-corrected chi connectivity index (χ1v) is 8.40. The van der Waals surface area contributed by atoms with E-state index in [1.165, 1.54) is 26.0 Å². The van der Waals surface area contributed by atoms with Crippen molar-refractivity contribution < 1.29 is 13.2 Å². The lowest BCUT2D eigenvalue weighted by Gasteiger charge is -2.27. The Hall–Kier alpha value is -1.27. The van der Waals surface area contributed by atoms with Crippen LogP contribution in [-0.4, -0.2) is 21.6 Å². The summed E-state index contributed by atoms with van der Waals surface area (Å²) >= 11 is 0. The highest BCUT2D eigenvalue weighted by Gasteiger charge is 2.21. The Balaban J connectivity index is 2.13. The average molecular weight is 298 g/mol. The van der Waals surface area contributed by atoms with Crippen molar-refractivity contribution in [1.29, 1.82) is 0 Å². The molecule has 112 valence electrons. The van der Waals surface area contributed by atoms with E-state index in [1.807, 2.05) is 0 Å². The van der Waals surface area contributed by atoms with Crippen molar-refractivity contribution in [3.8, 4) is 5.75 Å². The first-order valence-electron chi connectivity index (χ1n) is 6.92. The number of hydrogen-bond acceptors (Lipinski definition) is 4. The van der Waals surface area contributed by atoms with Crippen LogP contribution < -0.4 is 15.2 Å². The summed E-state index contributed by atoms with van der Waals surface area (Å²) < 4.78 is 31.6. The molecule has 0 saturated heterocycles. The molecule has 1 aromatic carbocycles. The Morgan fingerprint density at radius 3 is 2.70 bits per heavy atom. The molecular weight excluding hydrogens is 276 g/mol. The highest BCUT2D eigenvalue weighted by molar-refractivity contribution is 7.89. The lowest BCUT2D eigenvalue weighted by molar-refractivity contribution is 0.129. The normalized spacial score (nSPS) is 23.5. The van der Waals surface area contributed by atoms with Crippen LogP contribution in [0.1, 0.15) is 32.6 Å². The van der Waals surface area contributed by atoms with E-state index in [2.05, 4.69) is 11.6 Å². The van der Waals surface area contributed by atoms with E-state index in [0.29, 0.717) is 11.7 Å². The third kappa shape index (κ3) is 3.43. The molecule has 1 fully saturated rings. The van der Waals surface area contributed by atoms with E-state index in [4.69, 9.17) is 10.5 Å². The molecule has 0 heterocycles. The molecule has 1 aliphatic rings. The van der Waals surface area contributed by atoms with Crippen LogP contribution in [0.4, 0.5) is 5.69 Å². The van der Waals surface area contributed by atoms with E-state index >= 15 is 0 Å². The van der Waals surface area contributed by atoms with Gasteiger partial charge in [0.1, 0.15) is 10.6 Å². The van der Waals surface area contributed by atoms with Gasteiger partial charge in [-0.2, -0.15) is 0 Å². The fourth-order valence-electron chi connectivity index (χ4n) is 2.63. The predicted octanol–water partition coefficient (Wildman–Crippen LogP) is 2.13. The van der Waals surface area contributed by atoms with Gasteiger partial charge in [0.05, 0.1) is 11.8 Å².